The lowest BCUT2D eigenvalue weighted by Gasteiger charge is -2.19. The topological polar surface area (TPSA) is 91.7 Å². The van der Waals surface area contributed by atoms with E-state index in [9.17, 15) is 4.79 Å². The van der Waals surface area contributed by atoms with Gasteiger partial charge in [-0.25, -0.2) is 5.53 Å². The van der Waals surface area contributed by atoms with E-state index in [1.807, 2.05) is 27.7 Å². The quantitative estimate of drug-likeness (QED) is 0.240. The van der Waals surface area contributed by atoms with Crippen LogP contribution in [0.4, 0.5) is 0 Å². The second kappa shape index (κ2) is 6.27. The molecule has 0 fully saturated rings. The maximum absolute atomic E-state index is 11.6. The first kappa shape index (κ1) is 13.7. The van der Waals surface area contributed by atoms with Gasteiger partial charge in [0.2, 0.25) is 0 Å². The monoisotopic (exact) mass is 212 g/mol. The van der Waals surface area contributed by atoms with Crippen LogP contribution in [0.25, 0.3) is 0 Å². The van der Waals surface area contributed by atoms with Gasteiger partial charge in [0.05, 0.1) is 0 Å². The number of nitrogens with zero attached hydrogens (tertiary/aromatic N) is 2. The molecule has 0 saturated heterocycles. The molecule has 0 amide bonds. The Kier molecular flexibility index (Phi) is 5.74. The third-order valence-electron chi connectivity index (χ3n) is 2.45. The summed E-state index contributed by atoms with van der Waals surface area (Å²) < 4.78 is 0. The molecule has 0 aromatic carbocycles. The van der Waals surface area contributed by atoms with Crippen LogP contribution in [0.5, 0.6) is 0 Å². The van der Waals surface area contributed by atoms with Gasteiger partial charge in [-0.15, -0.1) is 5.11 Å². The van der Waals surface area contributed by atoms with E-state index in [1.54, 1.807) is 0 Å². The normalized spacial score (nSPS) is 14.4. The lowest BCUT2D eigenvalue weighted by molar-refractivity contribution is -0.122. The first-order chi connectivity index (χ1) is 6.93. The molecule has 0 aromatic rings. The zero-order chi connectivity index (χ0) is 12.0. The minimum absolute atomic E-state index is 0.00370. The van der Waals surface area contributed by atoms with Crippen LogP contribution in [-0.2, 0) is 4.79 Å². The van der Waals surface area contributed by atoms with E-state index in [4.69, 9.17) is 11.4 Å². The Bertz CT molecular complexity index is 258. The van der Waals surface area contributed by atoms with Crippen molar-refractivity contribution in [2.45, 2.75) is 34.1 Å². The Morgan fingerprint density at radius 1 is 1.33 bits per heavy atom. The van der Waals surface area contributed by atoms with Crippen molar-refractivity contribution in [3.8, 4) is 0 Å². The fraction of sp³-hybridized carbons (Fsp3) is 0.800. The molecule has 0 saturated carbocycles. The number of amidine groups is 1. The molecule has 1 atom stereocenters. The van der Waals surface area contributed by atoms with E-state index >= 15 is 0 Å². The molecular formula is C10H20N4O. The van der Waals surface area contributed by atoms with Crippen LogP contribution in [0.2, 0.25) is 0 Å². The lowest BCUT2D eigenvalue weighted by atomic mass is 9.87. The van der Waals surface area contributed by atoms with Crippen LogP contribution in [0.15, 0.2) is 10.2 Å². The molecular weight excluding hydrogens is 192 g/mol. The number of hydrogen-bond acceptors (Lipinski definition) is 4. The zero-order valence-electron chi connectivity index (χ0n) is 9.82. The average Bonchev–Trinajstić information content (AvgIpc) is 2.17. The summed E-state index contributed by atoms with van der Waals surface area (Å²) in [6, 6.07) is 0. The zero-order valence-corrected chi connectivity index (χ0v) is 9.82. The minimum atomic E-state index is -0.151. The third-order valence-corrected chi connectivity index (χ3v) is 2.45. The van der Waals surface area contributed by atoms with Gasteiger partial charge in [-0.05, 0) is 5.92 Å². The fourth-order valence-electron chi connectivity index (χ4n) is 1.29. The number of Topliss-reactive ketones (excluding diaryl/α,β-unsaturated/α-hetero) is 1. The maximum atomic E-state index is 11.6. The molecule has 5 heteroatoms. The summed E-state index contributed by atoms with van der Waals surface area (Å²) in [5.41, 5.74) is 6.94. The van der Waals surface area contributed by atoms with Crippen LogP contribution in [0, 0.1) is 23.3 Å². The van der Waals surface area contributed by atoms with E-state index < -0.39 is 0 Å². The molecule has 0 spiro atoms. The molecule has 15 heavy (non-hydrogen) atoms. The predicted molar refractivity (Wildman–Crippen MR) is 59.6 cm³/mol. The summed E-state index contributed by atoms with van der Waals surface area (Å²) in [7, 11) is 0. The molecule has 0 aliphatic heterocycles. The molecule has 0 rings (SSSR count). The van der Waals surface area contributed by atoms with Gasteiger partial charge in [-0.3, -0.25) is 4.79 Å². The second-order valence-corrected chi connectivity index (χ2v) is 4.27. The molecule has 0 aliphatic rings. The number of carbonyl (C=O) groups is 1. The summed E-state index contributed by atoms with van der Waals surface area (Å²) in [5, 5.41) is 6.71. The Morgan fingerprint density at radius 2 is 1.87 bits per heavy atom. The molecule has 0 radical (unpaired) electrons. The van der Waals surface area contributed by atoms with E-state index in [-0.39, 0.29) is 29.4 Å². The van der Waals surface area contributed by atoms with Crippen LogP contribution in [0.1, 0.15) is 34.1 Å². The van der Waals surface area contributed by atoms with Gasteiger partial charge < -0.3 is 5.84 Å². The maximum Gasteiger partial charge on any atom is 0.173 e. The molecule has 0 bridgehead atoms. The van der Waals surface area contributed by atoms with Crippen LogP contribution in [0.3, 0.4) is 0 Å². The third kappa shape index (κ3) is 4.18. The Hall–Kier alpha value is -1.26. The fourth-order valence-corrected chi connectivity index (χ4v) is 1.29. The highest BCUT2D eigenvalue weighted by Gasteiger charge is 2.24. The Balaban J connectivity index is 4.69. The summed E-state index contributed by atoms with van der Waals surface area (Å²) in [6.45, 7) is 7.65. The number of nitrogens with two attached hydrogens (primary N) is 1. The van der Waals surface area contributed by atoms with Crippen molar-refractivity contribution in [2.75, 3.05) is 0 Å². The minimum Gasteiger partial charge on any atom is -0.321 e. The smallest absolute Gasteiger partial charge is 0.173 e. The largest absolute Gasteiger partial charge is 0.321 e. The lowest BCUT2D eigenvalue weighted by Crippen LogP contribution is -2.25. The van der Waals surface area contributed by atoms with E-state index in [0.29, 0.717) is 6.42 Å². The van der Waals surface area contributed by atoms with Crippen molar-refractivity contribution in [1.82, 2.24) is 0 Å². The van der Waals surface area contributed by atoms with Gasteiger partial charge in [-0.2, -0.15) is 5.10 Å². The highest BCUT2D eigenvalue weighted by atomic mass is 16.1. The molecule has 5 nitrogen and oxygen atoms in total. The number of hydrazone groups is 1. The molecule has 0 aromatic heterocycles. The highest BCUT2D eigenvalue weighted by molar-refractivity contribution is 5.90. The van der Waals surface area contributed by atoms with Crippen molar-refractivity contribution >= 4 is 11.6 Å². The highest BCUT2D eigenvalue weighted by Crippen LogP contribution is 2.20. The van der Waals surface area contributed by atoms with Crippen molar-refractivity contribution < 1.29 is 4.79 Å². The molecule has 0 heterocycles. The Labute approximate surface area is 90.6 Å². The summed E-state index contributed by atoms with van der Waals surface area (Å²) in [4.78, 5) is 11.6. The number of rotatable bonds is 5. The SMILES string of the molecule is CC(C)C(=O)CC(/C(N=N)=N/N)C(C)C. The van der Waals surface area contributed by atoms with Crippen LogP contribution in [-0.4, -0.2) is 11.6 Å². The van der Waals surface area contributed by atoms with Gasteiger partial charge in [0.1, 0.15) is 5.78 Å². The predicted octanol–water partition coefficient (Wildman–Crippen LogP) is 2.18. The van der Waals surface area contributed by atoms with Crippen molar-refractivity contribution in [3.05, 3.63) is 0 Å². The van der Waals surface area contributed by atoms with E-state index in [0.717, 1.165) is 0 Å². The van der Waals surface area contributed by atoms with Crippen LogP contribution >= 0.6 is 0 Å². The molecule has 3 N–H and O–H groups in total. The van der Waals surface area contributed by atoms with Crippen molar-refractivity contribution in [3.63, 3.8) is 0 Å². The van der Waals surface area contributed by atoms with Crippen molar-refractivity contribution in [1.29, 1.82) is 5.53 Å². The van der Waals surface area contributed by atoms with Gasteiger partial charge in [-0.1, -0.05) is 27.7 Å². The number of carbonyl (C=O) groups excluding carboxylic acids is 1. The van der Waals surface area contributed by atoms with Gasteiger partial charge in [0, 0.05) is 18.3 Å². The molecule has 1 unspecified atom stereocenters. The van der Waals surface area contributed by atoms with Crippen molar-refractivity contribution in [2.24, 2.45) is 33.8 Å². The van der Waals surface area contributed by atoms with Gasteiger partial charge in [0.25, 0.3) is 0 Å². The number of hydrogen-bond donors (Lipinski definition) is 2. The molecule has 0 aliphatic carbocycles. The summed E-state index contributed by atoms with van der Waals surface area (Å²) in [5.74, 6) is 5.58. The second-order valence-electron chi connectivity index (χ2n) is 4.27. The van der Waals surface area contributed by atoms with Gasteiger partial charge in [0.15, 0.2) is 5.84 Å². The van der Waals surface area contributed by atoms with E-state index in [1.165, 1.54) is 0 Å². The summed E-state index contributed by atoms with van der Waals surface area (Å²) in [6.07, 6.45) is 0.355. The van der Waals surface area contributed by atoms with Gasteiger partial charge >= 0.3 is 0 Å². The summed E-state index contributed by atoms with van der Waals surface area (Å²) >= 11 is 0. The van der Waals surface area contributed by atoms with E-state index in [2.05, 4.69) is 10.2 Å². The first-order valence-electron chi connectivity index (χ1n) is 5.12. The number of ketones is 1. The first-order valence-corrected chi connectivity index (χ1v) is 5.12. The average molecular weight is 212 g/mol. The standard InChI is InChI=1S/C10H20N4O/c1-6(2)8(10(13-11)14-12)5-9(15)7(3)4/h6-8,11H,5,12H2,1-4H3/b13-11?,14-10-. The molecule has 86 valence electrons. The Morgan fingerprint density at radius 3 is 2.13 bits per heavy atom. The number of nitrogens with one attached hydrogen (secondary N) is 1. The van der Waals surface area contributed by atoms with Crippen LogP contribution < -0.4 is 5.84 Å².